The summed E-state index contributed by atoms with van der Waals surface area (Å²) in [6, 6.07) is 0. The number of hydrogen-bond acceptors (Lipinski definition) is 15. The molecular weight excluding hydrogens is 1250 g/mol. The Kier molecular flexibility index (Phi) is 64.0. The zero-order chi connectivity index (χ0) is 70.3. The van der Waals surface area contributed by atoms with Gasteiger partial charge >= 0.3 is 39.5 Å². The highest BCUT2D eigenvalue weighted by Crippen LogP contribution is 2.45. The van der Waals surface area contributed by atoms with Crippen molar-refractivity contribution in [1.82, 2.24) is 0 Å². The number of phosphoric acid groups is 2. The molecule has 3 N–H and O–H groups in total. The first kappa shape index (κ1) is 93.1. The van der Waals surface area contributed by atoms with Crippen molar-refractivity contribution in [3.05, 3.63) is 0 Å². The van der Waals surface area contributed by atoms with E-state index in [1.165, 1.54) is 180 Å². The Hall–Kier alpha value is -1.94. The average molecular weight is 1400 g/mol. The zero-order valence-corrected chi connectivity index (χ0v) is 64.1. The van der Waals surface area contributed by atoms with Crippen LogP contribution < -0.4 is 0 Å². The maximum Gasteiger partial charge on any atom is 0.472 e. The summed E-state index contributed by atoms with van der Waals surface area (Å²) in [6.45, 7) is 14.2. The number of aliphatic hydroxyl groups is 1. The fraction of sp³-hybridized carbons (Fsp3) is 0.947. The van der Waals surface area contributed by atoms with Crippen LogP contribution in [-0.4, -0.2) is 96.7 Å². The molecule has 0 aliphatic heterocycles. The van der Waals surface area contributed by atoms with Crippen LogP contribution in [0.1, 0.15) is 383 Å². The highest BCUT2D eigenvalue weighted by Gasteiger charge is 2.30. The molecule has 0 amide bonds. The van der Waals surface area contributed by atoms with Crippen molar-refractivity contribution in [2.45, 2.75) is 401 Å². The van der Waals surface area contributed by atoms with Crippen LogP contribution in [0.2, 0.25) is 0 Å². The predicted octanol–water partition coefficient (Wildman–Crippen LogP) is 22.0. The molecule has 0 aromatic heterocycles. The molecule has 0 saturated carbocycles. The molecule has 4 unspecified atom stereocenters. The second kappa shape index (κ2) is 65.4. The van der Waals surface area contributed by atoms with E-state index in [4.69, 9.17) is 37.0 Å². The molecule has 0 saturated heterocycles. The Balaban J connectivity index is 5.19. The maximum absolute atomic E-state index is 13.1. The van der Waals surface area contributed by atoms with Crippen molar-refractivity contribution >= 4 is 39.5 Å². The molecule has 17 nitrogen and oxygen atoms in total. The summed E-state index contributed by atoms with van der Waals surface area (Å²) in [5, 5.41) is 10.6. The van der Waals surface area contributed by atoms with E-state index in [1.54, 1.807) is 0 Å². The summed E-state index contributed by atoms with van der Waals surface area (Å²) in [4.78, 5) is 72.7. The largest absolute Gasteiger partial charge is 0.472 e. The first-order valence-electron chi connectivity index (χ1n) is 39.2. The molecule has 95 heavy (non-hydrogen) atoms. The molecule has 0 aromatic rings. The quantitative estimate of drug-likeness (QED) is 0.0222. The van der Waals surface area contributed by atoms with Gasteiger partial charge in [-0.15, -0.1) is 0 Å². The molecule has 0 heterocycles. The highest BCUT2D eigenvalue weighted by atomic mass is 31.2. The van der Waals surface area contributed by atoms with E-state index < -0.39 is 97.5 Å². The van der Waals surface area contributed by atoms with Crippen LogP contribution in [0.15, 0.2) is 0 Å². The Morgan fingerprint density at radius 1 is 0.295 bits per heavy atom. The molecular formula is C76H148O17P2. The fourth-order valence-corrected chi connectivity index (χ4v) is 13.1. The monoisotopic (exact) mass is 1400 g/mol. The van der Waals surface area contributed by atoms with Gasteiger partial charge in [-0.25, -0.2) is 9.13 Å². The highest BCUT2D eigenvalue weighted by molar-refractivity contribution is 7.47. The third kappa shape index (κ3) is 69.0. The number of unbranched alkanes of at least 4 members (excludes halogenated alkanes) is 38. The van der Waals surface area contributed by atoms with Gasteiger partial charge in [-0.05, 0) is 49.4 Å². The summed E-state index contributed by atoms with van der Waals surface area (Å²) in [7, 11) is -9.91. The van der Waals surface area contributed by atoms with Gasteiger partial charge in [-0.1, -0.05) is 331 Å². The lowest BCUT2D eigenvalue weighted by atomic mass is 9.99. The van der Waals surface area contributed by atoms with Crippen molar-refractivity contribution in [2.24, 2.45) is 23.7 Å². The van der Waals surface area contributed by atoms with Gasteiger partial charge in [-0.2, -0.15) is 0 Å². The Labute approximate surface area is 581 Å². The van der Waals surface area contributed by atoms with E-state index in [0.29, 0.717) is 37.5 Å². The van der Waals surface area contributed by atoms with Crippen molar-refractivity contribution in [1.29, 1.82) is 0 Å². The van der Waals surface area contributed by atoms with Gasteiger partial charge in [-0.3, -0.25) is 37.3 Å². The minimum atomic E-state index is -4.96. The van der Waals surface area contributed by atoms with Crippen molar-refractivity contribution in [2.75, 3.05) is 39.6 Å². The summed E-state index contributed by atoms with van der Waals surface area (Å²) in [5.41, 5.74) is 0. The molecule has 0 radical (unpaired) electrons. The minimum Gasteiger partial charge on any atom is -0.462 e. The molecule has 0 bridgehead atoms. The topological polar surface area (TPSA) is 237 Å². The fourth-order valence-electron chi connectivity index (χ4n) is 11.5. The van der Waals surface area contributed by atoms with Gasteiger partial charge < -0.3 is 33.8 Å². The number of hydrogen-bond donors (Lipinski definition) is 3. The van der Waals surface area contributed by atoms with Gasteiger partial charge in [0.1, 0.15) is 19.3 Å². The van der Waals surface area contributed by atoms with Crippen molar-refractivity contribution in [3.8, 4) is 0 Å². The summed E-state index contributed by atoms with van der Waals surface area (Å²) in [5.74, 6) is 0.922. The van der Waals surface area contributed by atoms with E-state index in [0.717, 1.165) is 108 Å². The molecule has 0 spiro atoms. The van der Waals surface area contributed by atoms with Crippen molar-refractivity contribution < 1.29 is 80.2 Å². The number of aliphatic hydroxyl groups excluding tert-OH is 1. The molecule has 0 aliphatic carbocycles. The third-order valence-electron chi connectivity index (χ3n) is 17.9. The van der Waals surface area contributed by atoms with Crippen LogP contribution in [0.3, 0.4) is 0 Å². The van der Waals surface area contributed by atoms with Gasteiger partial charge in [0.25, 0.3) is 0 Å². The summed E-state index contributed by atoms with van der Waals surface area (Å²) in [6.07, 6.45) is 50.1. The Bertz CT molecular complexity index is 1870. The zero-order valence-electron chi connectivity index (χ0n) is 62.3. The van der Waals surface area contributed by atoms with E-state index in [2.05, 4.69) is 55.4 Å². The number of ether oxygens (including phenoxy) is 4. The molecule has 19 heteroatoms. The third-order valence-corrected chi connectivity index (χ3v) is 19.8. The number of esters is 4. The van der Waals surface area contributed by atoms with E-state index in [1.807, 2.05) is 0 Å². The van der Waals surface area contributed by atoms with Crippen LogP contribution in [0.5, 0.6) is 0 Å². The van der Waals surface area contributed by atoms with Gasteiger partial charge in [0.2, 0.25) is 0 Å². The van der Waals surface area contributed by atoms with Crippen LogP contribution in [0.25, 0.3) is 0 Å². The average Bonchev–Trinajstić information content (AvgIpc) is 1.91. The molecule has 0 aromatic carbocycles. The number of carbonyl (C=O) groups excluding carboxylic acids is 4. The smallest absolute Gasteiger partial charge is 0.462 e. The standard InChI is InChI=1S/C76H148O17P2/c1-9-69(8)55-47-39-31-23-19-15-11-13-17-21-25-33-42-50-58-75(80)92-71(63-87-74(79)57-49-41-34-26-29-37-45-53-67(4)5)64-90-94(82,83)88-60-70(77)61-89-95(84,85)91-65-72(93-76(81)59-51-43-35-27-30-38-46-54-68(6)7)62-86-73(78)56-48-40-32-24-20-16-12-10-14-18-22-28-36-44-52-66(2)3/h66-72,77H,9-65H2,1-8H3,(H,82,83)(H,84,85)/t69?,70?,71-,72-/m1/s1. The van der Waals surface area contributed by atoms with Crippen LogP contribution in [-0.2, 0) is 65.4 Å². The van der Waals surface area contributed by atoms with E-state index in [-0.39, 0.29) is 25.7 Å². The molecule has 0 fully saturated rings. The molecule has 564 valence electrons. The van der Waals surface area contributed by atoms with Crippen LogP contribution in [0, 0.1) is 23.7 Å². The lowest BCUT2D eigenvalue weighted by molar-refractivity contribution is -0.161. The summed E-state index contributed by atoms with van der Waals surface area (Å²) >= 11 is 0. The van der Waals surface area contributed by atoms with E-state index >= 15 is 0 Å². The van der Waals surface area contributed by atoms with Gasteiger partial charge in [0.15, 0.2) is 12.2 Å². The number of carbonyl (C=O) groups is 4. The summed E-state index contributed by atoms with van der Waals surface area (Å²) < 4.78 is 68.5. The molecule has 6 atom stereocenters. The molecule has 0 rings (SSSR count). The first-order valence-corrected chi connectivity index (χ1v) is 42.2. The lowest BCUT2D eigenvalue weighted by Crippen LogP contribution is -2.30. The normalized spacial score (nSPS) is 14.4. The SMILES string of the molecule is CCC(C)CCCCCCCCCCCCCCCCC(=O)O[C@H](COC(=O)CCCCCCCCCC(C)C)COP(=O)(O)OCC(O)COP(=O)(O)OC[C@@H](COC(=O)CCCCCCCCCCCCCCCCC(C)C)OC(=O)CCCCCCCCCC(C)C. The Morgan fingerprint density at radius 3 is 0.747 bits per heavy atom. The number of phosphoric ester groups is 2. The van der Waals surface area contributed by atoms with Crippen LogP contribution >= 0.6 is 15.6 Å². The minimum absolute atomic E-state index is 0.103. The van der Waals surface area contributed by atoms with Gasteiger partial charge in [0, 0.05) is 25.7 Å². The Morgan fingerprint density at radius 2 is 0.505 bits per heavy atom. The number of rotatable bonds is 73. The second-order valence-corrected chi connectivity index (χ2v) is 32.0. The van der Waals surface area contributed by atoms with Crippen molar-refractivity contribution in [3.63, 3.8) is 0 Å². The van der Waals surface area contributed by atoms with Gasteiger partial charge in [0.05, 0.1) is 26.4 Å². The second-order valence-electron chi connectivity index (χ2n) is 29.1. The molecule has 0 aliphatic rings. The maximum atomic E-state index is 13.1. The first-order chi connectivity index (χ1) is 45.6. The van der Waals surface area contributed by atoms with E-state index in [9.17, 15) is 43.2 Å². The predicted molar refractivity (Wildman–Crippen MR) is 386 cm³/mol. The van der Waals surface area contributed by atoms with Crippen LogP contribution in [0.4, 0.5) is 0 Å². The lowest BCUT2D eigenvalue weighted by Gasteiger charge is -2.21.